The maximum absolute atomic E-state index is 9.70. The van der Waals surface area contributed by atoms with Crippen LogP contribution in [0.4, 0.5) is 5.69 Å². The van der Waals surface area contributed by atoms with E-state index >= 15 is 0 Å². The Labute approximate surface area is 112 Å². The van der Waals surface area contributed by atoms with E-state index in [1.807, 2.05) is 0 Å². The summed E-state index contributed by atoms with van der Waals surface area (Å²) in [5.74, 6) is 0. The second-order valence-corrected chi connectivity index (χ2v) is 5.22. The summed E-state index contributed by atoms with van der Waals surface area (Å²) in [6.45, 7) is 10.8. The normalized spacial score (nSPS) is 11.6. The van der Waals surface area contributed by atoms with Crippen LogP contribution in [0.1, 0.15) is 39.2 Å². The third kappa shape index (κ3) is 3.49. The molecule has 0 unspecified atom stereocenters. The fraction of sp³-hybridized carbons (Fsp3) is 0.625. The Hall–Kier alpha value is -1.02. The quantitative estimate of drug-likeness (QED) is 0.798. The van der Waals surface area contributed by atoms with Crippen molar-refractivity contribution in [2.75, 3.05) is 24.6 Å². The average Bonchev–Trinajstić information content (AvgIpc) is 2.41. The Bertz CT molecular complexity index is 350. The Balaban J connectivity index is 2.90. The number of hydrogen-bond acceptors (Lipinski definition) is 2. The van der Waals surface area contributed by atoms with Crippen molar-refractivity contribution < 1.29 is 5.11 Å². The molecule has 0 aliphatic heterocycles. The van der Waals surface area contributed by atoms with Gasteiger partial charge in [0.2, 0.25) is 0 Å². The van der Waals surface area contributed by atoms with Crippen LogP contribution in [0.25, 0.3) is 0 Å². The molecule has 0 fully saturated rings. The summed E-state index contributed by atoms with van der Waals surface area (Å²) in [6.07, 6.45) is 2.03. The van der Waals surface area contributed by atoms with Crippen molar-refractivity contribution in [3.05, 3.63) is 29.8 Å². The summed E-state index contributed by atoms with van der Waals surface area (Å²) in [5.41, 5.74) is 2.57. The molecule has 1 rings (SSSR count). The Morgan fingerprint density at radius 2 is 1.83 bits per heavy atom. The predicted molar refractivity (Wildman–Crippen MR) is 79.2 cm³/mol. The van der Waals surface area contributed by atoms with Gasteiger partial charge in [0.1, 0.15) is 0 Å². The zero-order chi connectivity index (χ0) is 13.6. The summed E-state index contributed by atoms with van der Waals surface area (Å²) in [4.78, 5) is 2.37. The minimum absolute atomic E-state index is 0.0275. The molecule has 0 aliphatic carbocycles. The third-order valence-electron chi connectivity index (χ3n) is 4.11. The molecule has 0 atom stereocenters. The zero-order valence-corrected chi connectivity index (χ0v) is 12.2. The summed E-state index contributed by atoms with van der Waals surface area (Å²) in [6, 6.07) is 8.60. The highest BCUT2D eigenvalue weighted by molar-refractivity contribution is 5.48. The van der Waals surface area contributed by atoms with Crippen LogP contribution in [0, 0.1) is 12.3 Å². The van der Waals surface area contributed by atoms with Crippen molar-refractivity contribution in [1.29, 1.82) is 0 Å². The van der Waals surface area contributed by atoms with E-state index in [1.54, 1.807) is 0 Å². The maximum Gasteiger partial charge on any atom is 0.0504 e. The molecule has 0 radical (unpaired) electrons. The van der Waals surface area contributed by atoms with E-state index in [9.17, 15) is 5.11 Å². The molecule has 0 saturated heterocycles. The molecule has 0 aromatic heterocycles. The van der Waals surface area contributed by atoms with Crippen molar-refractivity contribution in [2.45, 2.75) is 40.5 Å². The highest BCUT2D eigenvalue weighted by atomic mass is 16.3. The number of nitrogens with zero attached hydrogens (tertiary/aromatic N) is 1. The molecule has 1 aromatic carbocycles. The summed E-state index contributed by atoms with van der Waals surface area (Å²) >= 11 is 0. The van der Waals surface area contributed by atoms with Crippen molar-refractivity contribution in [2.24, 2.45) is 5.41 Å². The van der Waals surface area contributed by atoms with Crippen LogP contribution in [0.2, 0.25) is 0 Å². The van der Waals surface area contributed by atoms with E-state index in [2.05, 4.69) is 56.9 Å². The molecular formula is C16H27NO. The van der Waals surface area contributed by atoms with Crippen LogP contribution < -0.4 is 4.90 Å². The molecule has 1 N–H and O–H groups in total. The van der Waals surface area contributed by atoms with Crippen LogP contribution in [-0.4, -0.2) is 24.8 Å². The van der Waals surface area contributed by atoms with Crippen molar-refractivity contribution in [3.8, 4) is 0 Å². The van der Waals surface area contributed by atoms with Gasteiger partial charge in [-0.15, -0.1) is 0 Å². The van der Waals surface area contributed by atoms with Gasteiger partial charge in [-0.2, -0.15) is 0 Å². The smallest absolute Gasteiger partial charge is 0.0504 e. The number of hydrogen-bond donors (Lipinski definition) is 1. The lowest BCUT2D eigenvalue weighted by Gasteiger charge is -2.36. The lowest BCUT2D eigenvalue weighted by Crippen LogP contribution is -2.39. The molecule has 0 aliphatic rings. The summed E-state index contributed by atoms with van der Waals surface area (Å²) in [7, 11) is 0. The van der Waals surface area contributed by atoms with Gasteiger partial charge >= 0.3 is 0 Å². The zero-order valence-electron chi connectivity index (χ0n) is 12.2. The molecule has 2 nitrogen and oxygen atoms in total. The van der Waals surface area contributed by atoms with Crippen LogP contribution in [0.5, 0.6) is 0 Å². The van der Waals surface area contributed by atoms with Crippen LogP contribution in [0.3, 0.4) is 0 Å². The molecule has 1 aromatic rings. The van der Waals surface area contributed by atoms with Gasteiger partial charge in [0.25, 0.3) is 0 Å². The topological polar surface area (TPSA) is 23.5 Å². The van der Waals surface area contributed by atoms with Gasteiger partial charge in [0.15, 0.2) is 0 Å². The second-order valence-electron chi connectivity index (χ2n) is 5.22. The number of anilines is 1. The lowest BCUT2D eigenvalue weighted by atomic mass is 9.82. The van der Waals surface area contributed by atoms with Crippen LogP contribution >= 0.6 is 0 Å². The van der Waals surface area contributed by atoms with Gasteiger partial charge in [-0.1, -0.05) is 26.0 Å². The highest BCUT2D eigenvalue weighted by Gasteiger charge is 2.27. The van der Waals surface area contributed by atoms with Crippen molar-refractivity contribution >= 4 is 5.69 Å². The highest BCUT2D eigenvalue weighted by Crippen LogP contribution is 2.29. The van der Waals surface area contributed by atoms with Crippen molar-refractivity contribution in [1.82, 2.24) is 0 Å². The van der Waals surface area contributed by atoms with E-state index in [0.717, 1.165) is 25.9 Å². The van der Waals surface area contributed by atoms with Crippen molar-refractivity contribution in [3.63, 3.8) is 0 Å². The van der Waals surface area contributed by atoms with E-state index in [0.29, 0.717) is 0 Å². The molecule has 0 saturated carbocycles. The fourth-order valence-corrected chi connectivity index (χ4v) is 2.36. The van der Waals surface area contributed by atoms with E-state index in [4.69, 9.17) is 0 Å². The first-order valence-corrected chi connectivity index (χ1v) is 7.03. The molecule has 0 spiro atoms. The molecule has 2 heteroatoms. The number of aryl methyl sites for hydroxylation is 1. The van der Waals surface area contributed by atoms with Crippen LogP contribution in [0.15, 0.2) is 24.3 Å². The molecule has 102 valence electrons. The molecular weight excluding hydrogens is 222 g/mol. The summed E-state index contributed by atoms with van der Waals surface area (Å²) < 4.78 is 0. The standard InChI is InChI=1S/C16H27NO/c1-5-16(6-2,13-18)12-17(7-3)15-10-8-9-14(4)11-15/h8-11,18H,5-7,12-13H2,1-4H3. The Morgan fingerprint density at radius 3 is 2.28 bits per heavy atom. The first-order chi connectivity index (χ1) is 8.60. The van der Waals surface area contributed by atoms with Crippen LogP contribution in [-0.2, 0) is 0 Å². The third-order valence-corrected chi connectivity index (χ3v) is 4.11. The first kappa shape index (κ1) is 15.0. The Morgan fingerprint density at radius 1 is 1.17 bits per heavy atom. The van der Waals surface area contributed by atoms with Gasteiger partial charge in [-0.25, -0.2) is 0 Å². The number of aliphatic hydroxyl groups excluding tert-OH is 1. The molecule has 0 heterocycles. The van der Waals surface area contributed by atoms with E-state index in [-0.39, 0.29) is 12.0 Å². The van der Waals surface area contributed by atoms with Gasteiger partial charge in [0, 0.05) is 24.2 Å². The minimum Gasteiger partial charge on any atom is -0.396 e. The lowest BCUT2D eigenvalue weighted by molar-refractivity contribution is 0.120. The van der Waals surface area contributed by atoms with Gasteiger partial charge < -0.3 is 10.0 Å². The van der Waals surface area contributed by atoms with Gasteiger partial charge in [0.05, 0.1) is 6.61 Å². The van der Waals surface area contributed by atoms with E-state index in [1.165, 1.54) is 11.3 Å². The first-order valence-electron chi connectivity index (χ1n) is 7.03. The molecule has 18 heavy (non-hydrogen) atoms. The number of aliphatic hydroxyl groups is 1. The van der Waals surface area contributed by atoms with E-state index < -0.39 is 0 Å². The monoisotopic (exact) mass is 249 g/mol. The van der Waals surface area contributed by atoms with Gasteiger partial charge in [-0.3, -0.25) is 0 Å². The summed E-state index contributed by atoms with van der Waals surface area (Å²) in [5, 5.41) is 9.70. The maximum atomic E-state index is 9.70. The number of benzene rings is 1. The molecule has 0 bridgehead atoms. The largest absolute Gasteiger partial charge is 0.396 e. The molecule has 0 amide bonds. The predicted octanol–water partition coefficient (Wildman–Crippen LogP) is 3.62. The van der Waals surface area contributed by atoms with Gasteiger partial charge in [-0.05, 0) is 44.4 Å². The Kier molecular flexibility index (Phi) is 5.67. The second kappa shape index (κ2) is 6.79. The number of rotatable bonds is 7. The SMILES string of the molecule is CCN(CC(CC)(CC)CO)c1cccc(C)c1. The minimum atomic E-state index is 0.0275. The fourth-order valence-electron chi connectivity index (χ4n) is 2.36. The average molecular weight is 249 g/mol.